The van der Waals surface area contributed by atoms with Crippen LogP contribution in [-0.2, 0) is 11.3 Å². The zero-order valence-corrected chi connectivity index (χ0v) is 14.0. The van der Waals surface area contributed by atoms with Gasteiger partial charge in [-0.05, 0) is 29.8 Å². The summed E-state index contributed by atoms with van der Waals surface area (Å²) in [5, 5.41) is 4.02. The maximum absolute atomic E-state index is 12.0. The first-order valence-corrected chi connectivity index (χ1v) is 8.18. The molecule has 0 fully saturated rings. The normalized spacial score (nSPS) is 10.5. The number of Topliss-reactive ketones (excluding diaryl/α,β-unsaturated/α-hetero) is 1. The molecule has 6 nitrogen and oxygen atoms in total. The minimum atomic E-state index is -0.543. The van der Waals surface area contributed by atoms with Crippen molar-refractivity contribution in [1.29, 1.82) is 0 Å². The number of ether oxygens (including phenoxy) is 1. The highest BCUT2D eigenvalue weighted by molar-refractivity contribution is 7.18. The van der Waals surface area contributed by atoms with Crippen LogP contribution in [0, 0.1) is 0 Å². The molecule has 8 heteroatoms. The van der Waals surface area contributed by atoms with Gasteiger partial charge >= 0.3 is 5.97 Å². The van der Waals surface area contributed by atoms with Gasteiger partial charge in [-0.15, -0.1) is 11.3 Å². The van der Waals surface area contributed by atoms with E-state index < -0.39 is 5.97 Å². The number of carbonyl (C=O) groups is 2. The topological polar surface area (TPSA) is 74.1 Å². The summed E-state index contributed by atoms with van der Waals surface area (Å²) >= 11 is 6.94. The molecule has 0 aliphatic carbocycles. The quantitative estimate of drug-likeness (QED) is 0.498. The van der Waals surface area contributed by atoms with Crippen molar-refractivity contribution in [3.05, 3.63) is 69.4 Å². The van der Waals surface area contributed by atoms with Gasteiger partial charge < -0.3 is 4.74 Å². The molecule has 24 heavy (non-hydrogen) atoms. The van der Waals surface area contributed by atoms with E-state index in [0.717, 1.165) is 16.9 Å². The summed E-state index contributed by atoms with van der Waals surface area (Å²) in [5.41, 5.74) is 1.36. The molecule has 0 aliphatic heterocycles. The zero-order chi connectivity index (χ0) is 16.9. The summed E-state index contributed by atoms with van der Waals surface area (Å²) in [6.07, 6.45) is 3.08. The Labute approximate surface area is 146 Å². The number of benzene rings is 1. The van der Waals surface area contributed by atoms with Crippen LogP contribution in [0.2, 0.25) is 4.34 Å². The van der Waals surface area contributed by atoms with Gasteiger partial charge in [-0.2, -0.15) is 5.10 Å². The van der Waals surface area contributed by atoms with Crippen molar-refractivity contribution in [1.82, 2.24) is 14.8 Å². The van der Waals surface area contributed by atoms with E-state index in [0.29, 0.717) is 21.3 Å². The highest BCUT2D eigenvalue weighted by atomic mass is 35.5. The van der Waals surface area contributed by atoms with Gasteiger partial charge in [0.2, 0.25) is 5.78 Å². The van der Waals surface area contributed by atoms with Crippen LogP contribution in [0.15, 0.2) is 49.1 Å². The minimum absolute atomic E-state index is 0.275. The summed E-state index contributed by atoms with van der Waals surface area (Å²) in [6.45, 7) is 0.253. The third-order valence-corrected chi connectivity index (χ3v) is 4.46. The van der Waals surface area contributed by atoms with Gasteiger partial charge in [0, 0.05) is 0 Å². The maximum Gasteiger partial charge on any atom is 0.338 e. The standard InChI is InChI=1S/C16H12ClN3O3S/c17-15-6-5-14(24-15)13(21)8-23-16(22)12-3-1-11(2-4-12)7-20-10-18-9-19-20/h1-6,9-10H,7-8H2. The van der Waals surface area contributed by atoms with Crippen LogP contribution in [0.4, 0.5) is 0 Å². The van der Waals surface area contributed by atoms with Crippen LogP contribution in [0.5, 0.6) is 0 Å². The predicted molar refractivity (Wildman–Crippen MR) is 89.5 cm³/mol. The summed E-state index contributed by atoms with van der Waals surface area (Å²) < 4.78 is 7.25. The smallest absolute Gasteiger partial charge is 0.338 e. The Hall–Kier alpha value is -2.51. The highest BCUT2D eigenvalue weighted by Gasteiger charge is 2.13. The minimum Gasteiger partial charge on any atom is -0.454 e. The van der Waals surface area contributed by atoms with E-state index in [-0.39, 0.29) is 12.4 Å². The van der Waals surface area contributed by atoms with Crippen LogP contribution in [-0.4, -0.2) is 33.1 Å². The molecule has 1 aromatic carbocycles. The van der Waals surface area contributed by atoms with Gasteiger partial charge in [0.1, 0.15) is 12.7 Å². The fourth-order valence-electron chi connectivity index (χ4n) is 2.00. The molecule has 3 rings (SSSR count). The molecule has 0 saturated heterocycles. The van der Waals surface area contributed by atoms with Crippen molar-refractivity contribution in [2.45, 2.75) is 6.54 Å². The van der Waals surface area contributed by atoms with E-state index in [9.17, 15) is 9.59 Å². The van der Waals surface area contributed by atoms with E-state index in [2.05, 4.69) is 10.1 Å². The number of esters is 1. The molecule has 0 unspecified atom stereocenters. The summed E-state index contributed by atoms with van der Waals surface area (Å²) in [5.74, 6) is -0.818. The van der Waals surface area contributed by atoms with Gasteiger partial charge in [0.05, 0.1) is 21.3 Å². The molecule has 0 radical (unpaired) electrons. The molecule has 0 saturated carbocycles. The second-order valence-corrected chi connectivity index (χ2v) is 6.61. The van der Waals surface area contributed by atoms with Crippen molar-refractivity contribution in [2.24, 2.45) is 0 Å². The summed E-state index contributed by atoms with van der Waals surface area (Å²) in [7, 11) is 0. The van der Waals surface area contributed by atoms with Gasteiger partial charge in [-0.25, -0.2) is 14.5 Å². The van der Waals surface area contributed by atoms with Crippen molar-refractivity contribution < 1.29 is 14.3 Å². The SMILES string of the molecule is O=C(OCC(=O)c1ccc(Cl)s1)c1ccc(Cn2cncn2)cc1. The van der Waals surface area contributed by atoms with Crippen LogP contribution in [0.25, 0.3) is 0 Å². The maximum atomic E-state index is 12.0. The van der Waals surface area contributed by atoms with E-state index in [1.165, 1.54) is 6.33 Å². The van der Waals surface area contributed by atoms with Gasteiger partial charge in [-0.1, -0.05) is 23.7 Å². The molecule has 0 aliphatic rings. The third-order valence-electron chi connectivity index (χ3n) is 3.18. The Morgan fingerprint density at radius 2 is 1.96 bits per heavy atom. The van der Waals surface area contributed by atoms with E-state index in [4.69, 9.17) is 16.3 Å². The average Bonchev–Trinajstić information content (AvgIpc) is 3.24. The fraction of sp³-hybridized carbons (Fsp3) is 0.125. The number of aromatic nitrogens is 3. The third kappa shape index (κ3) is 4.06. The van der Waals surface area contributed by atoms with E-state index >= 15 is 0 Å². The van der Waals surface area contributed by atoms with Crippen molar-refractivity contribution >= 4 is 34.7 Å². The molecule has 2 aromatic heterocycles. The Morgan fingerprint density at radius 1 is 1.17 bits per heavy atom. The van der Waals surface area contributed by atoms with Crippen LogP contribution in [0.3, 0.4) is 0 Å². The van der Waals surface area contributed by atoms with Crippen molar-refractivity contribution in [3.8, 4) is 0 Å². The second-order valence-electron chi connectivity index (χ2n) is 4.89. The molecular weight excluding hydrogens is 350 g/mol. The fourth-order valence-corrected chi connectivity index (χ4v) is 2.96. The number of hydrogen-bond acceptors (Lipinski definition) is 6. The number of carbonyl (C=O) groups excluding carboxylic acids is 2. The van der Waals surface area contributed by atoms with Gasteiger partial charge in [0.25, 0.3) is 0 Å². The van der Waals surface area contributed by atoms with Gasteiger partial charge in [0.15, 0.2) is 6.61 Å². The molecule has 0 N–H and O–H groups in total. The lowest BCUT2D eigenvalue weighted by Crippen LogP contribution is -2.13. The number of rotatable bonds is 6. The Bertz CT molecular complexity index is 844. The molecule has 0 bridgehead atoms. The van der Waals surface area contributed by atoms with Crippen LogP contribution < -0.4 is 0 Å². The number of nitrogens with zero attached hydrogens (tertiary/aromatic N) is 3. The first kappa shape index (κ1) is 16.4. The molecule has 0 atom stereocenters. The largest absolute Gasteiger partial charge is 0.454 e. The predicted octanol–water partition coefficient (Wildman–Crippen LogP) is 3.08. The van der Waals surface area contributed by atoms with Gasteiger partial charge in [-0.3, -0.25) is 4.79 Å². The number of ketones is 1. The lowest BCUT2D eigenvalue weighted by molar-refractivity contribution is 0.0476. The summed E-state index contributed by atoms with van der Waals surface area (Å²) in [6, 6.07) is 10.2. The Balaban J connectivity index is 1.56. The molecular formula is C16H12ClN3O3S. The molecule has 0 spiro atoms. The number of halogens is 1. The number of thiophene rings is 1. The van der Waals surface area contributed by atoms with E-state index in [1.807, 2.05) is 0 Å². The Kier molecular flexibility index (Phi) is 5.02. The van der Waals surface area contributed by atoms with Crippen molar-refractivity contribution in [3.63, 3.8) is 0 Å². The Morgan fingerprint density at radius 3 is 2.58 bits per heavy atom. The highest BCUT2D eigenvalue weighted by Crippen LogP contribution is 2.21. The van der Waals surface area contributed by atoms with Crippen LogP contribution in [0.1, 0.15) is 25.6 Å². The van der Waals surface area contributed by atoms with Crippen molar-refractivity contribution in [2.75, 3.05) is 6.61 Å². The lowest BCUT2D eigenvalue weighted by atomic mass is 10.1. The average molecular weight is 362 g/mol. The lowest BCUT2D eigenvalue weighted by Gasteiger charge is -2.05. The molecule has 0 amide bonds. The van der Waals surface area contributed by atoms with E-state index in [1.54, 1.807) is 47.4 Å². The summed E-state index contributed by atoms with van der Waals surface area (Å²) in [4.78, 5) is 28.2. The monoisotopic (exact) mass is 361 g/mol. The molecule has 3 aromatic rings. The second kappa shape index (κ2) is 7.37. The number of hydrogen-bond donors (Lipinski definition) is 0. The molecule has 2 heterocycles. The zero-order valence-electron chi connectivity index (χ0n) is 12.4. The van der Waals surface area contributed by atoms with Crippen LogP contribution >= 0.6 is 22.9 Å². The molecule has 122 valence electrons. The first-order valence-electron chi connectivity index (χ1n) is 6.99. The first-order chi connectivity index (χ1) is 11.6.